The normalized spacial score (nSPS) is 14.9. The Morgan fingerprint density at radius 3 is 2.53 bits per heavy atom. The Bertz CT molecular complexity index is 298. The van der Waals surface area contributed by atoms with E-state index in [1.165, 1.54) is 11.1 Å². The van der Waals surface area contributed by atoms with Crippen molar-refractivity contribution in [2.75, 3.05) is 12.8 Å². The monoisotopic (exact) mass is 223 g/mol. The molecule has 0 amide bonds. The zero-order chi connectivity index (χ0) is 11.3. The molecule has 1 aromatic carbocycles. The Labute approximate surface area is 97.7 Å². The van der Waals surface area contributed by atoms with Crippen molar-refractivity contribution in [3.05, 3.63) is 35.4 Å². The van der Waals surface area contributed by atoms with Gasteiger partial charge in [0, 0.05) is 17.8 Å². The molecule has 0 heterocycles. The van der Waals surface area contributed by atoms with Gasteiger partial charge in [-0.15, -0.1) is 0 Å². The highest BCUT2D eigenvalue weighted by molar-refractivity contribution is 7.99. The standard InChI is InChI=1S/C13H21NS/c1-10-7-5-6-8-13(10)12(3)14-9-11(2)15-4/h5-8,11-12,14H,9H2,1-4H3. The van der Waals surface area contributed by atoms with E-state index >= 15 is 0 Å². The van der Waals surface area contributed by atoms with Crippen LogP contribution in [-0.2, 0) is 0 Å². The highest BCUT2D eigenvalue weighted by Crippen LogP contribution is 2.17. The van der Waals surface area contributed by atoms with Crippen LogP contribution >= 0.6 is 11.8 Å². The van der Waals surface area contributed by atoms with Gasteiger partial charge in [-0.1, -0.05) is 31.2 Å². The van der Waals surface area contributed by atoms with Gasteiger partial charge in [-0.3, -0.25) is 0 Å². The number of hydrogen-bond acceptors (Lipinski definition) is 2. The van der Waals surface area contributed by atoms with Gasteiger partial charge in [-0.25, -0.2) is 0 Å². The van der Waals surface area contributed by atoms with E-state index in [0.717, 1.165) is 6.54 Å². The lowest BCUT2D eigenvalue weighted by atomic mass is 10.0. The van der Waals surface area contributed by atoms with Crippen LogP contribution in [0.4, 0.5) is 0 Å². The summed E-state index contributed by atoms with van der Waals surface area (Å²) in [4.78, 5) is 0. The first-order valence-electron chi connectivity index (χ1n) is 5.47. The summed E-state index contributed by atoms with van der Waals surface area (Å²) in [7, 11) is 0. The van der Waals surface area contributed by atoms with E-state index in [-0.39, 0.29) is 0 Å². The van der Waals surface area contributed by atoms with Crippen molar-refractivity contribution in [3.63, 3.8) is 0 Å². The first kappa shape index (κ1) is 12.6. The van der Waals surface area contributed by atoms with Gasteiger partial charge >= 0.3 is 0 Å². The predicted octanol–water partition coefficient (Wildman–Crippen LogP) is 3.40. The average molecular weight is 223 g/mol. The maximum atomic E-state index is 3.57. The predicted molar refractivity (Wildman–Crippen MR) is 70.6 cm³/mol. The molecule has 0 saturated carbocycles. The van der Waals surface area contributed by atoms with Crippen molar-refractivity contribution < 1.29 is 0 Å². The molecule has 15 heavy (non-hydrogen) atoms. The molecule has 0 radical (unpaired) electrons. The molecule has 1 N–H and O–H groups in total. The number of hydrogen-bond donors (Lipinski definition) is 1. The van der Waals surface area contributed by atoms with Gasteiger partial charge in [0.1, 0.15) is 0 Å². The minimum atomic E-state index is 0.445. The van der Waals surface area contributed by atoms with Gasteiger partial charge in [0.15, 0.2) is 0 Å². The van der Waals surface area contributed by atoms with E-state index in [1.807, 2.05) is 11.8 Å². The van der Waals surface area contributed by atoms with E-state index < -0.39 is 0 Å². The summed E-state index contributed by atoms with van der Waals surface area (Å²) in [5.41, 5.74) is 2.78. The second-order valence-corrected chi connectivity index (χ2v) is 5.31. The third-order valence-corrected chi connectivity index (χ3v) is 3.74. The molecule has 0 aliphatic carbocycles. The van der Waals surface area contributed by atoms with Crippen LogP contribution in [-0.4, -0.2) is 18.1 Å². The highest BCUT2D eigenvalue weighted by atomic mass is 32.2. The summed E-state index contributed by atoms with van der Waals surface area (Å²) in [5, 5.41) is 4.25. The van der Waals surface area contributed by atoms with Crippen molar-refractivity contribution in [1.82, 2.24) is 5.32 Å². The van der Waals surface area contributed by atoms with Crippen LogP contribution in [0.5, 0.6) is 0 Å². The number of benzene rings is 1. The van der Waals surface area contributed by atoms with Crippen LogP contribution in [0.15, 0.2) is 24.3 Å². The second-order valence-electron chi connectivity index (χ2n) is 4.03. The van der Waals surface area contributed by atoms with Crippen molar-refractivity contribution in [1.29, 1.82) is 0 Å². The Hall–Kier alpha value is -0.470. The van der Waals surface area contributed by atoms with Crippen LogP contribution < -0.4 is 5.32 Å². The van der Waals surface area contributed by atoms with Crippen LogP contribution in [0.3, 0.4) is 0 Å². The van der Waals surface area contributed by atoms with E-state index in [9.17, 15) is 0 Å². The molecule has 1 aromatic rings. The number of aryl methyl sites for hydroxylation is 1. The summed E-state index contributed by atoms with van der Waals surface area (Å²) in [6.07, 6.45) is 2.16. The van der Waals surface area contributed by atoms with Crippen LogP contribution in [0.2, 0.25) is 0 Å². The fourth-order valence-corrected chi connectivity index (χ4v) is 1.87. The fourth-order valence-electron chi connectivity index (χ4n) is 1.61. The highest BCUT2D eigenvalue weighted by Gasteiger charge is 2.08. The molecule has 0 spiro atoms. The van der Waals surface area contributed by atoms with Crippen molar-refractivity contribution in [2.45, 2.75) is 32.1 Å². The Balaban J connectivity index is 2.54. The minimum absolute atomic E-state index is 0.445. The van der Waals surface area contributed by atoms with Gasteiger partial charge < -0.3 is 5.32 Å². The fraction of sp³-hybridized carbons (Fsp3) is 0.538. The first-order chi connectivity index (χ1) is 7.15. The van der Waals surface area contributed by atoms with Crippen LogP contribution in [0.25, 0.3) is 0 Å². The Morgan fingerprint density at radius 1 is 1.27 bits per heavy atom. The molecular weight excluding hydrogens is 202 g/mol. The number of nitrogens with one attached hydrogen (secondary N) is 1. The maximum absolute atomic E-state index is 3.57. The van der Waals surface area contributed by atoms with Gasteiger partial charge in [0.05, 0.1) is 0 Å². The summed E-state index contributed by atoms with van der Waals surface area (Å²) in [6, 6.07) is 9.03. The minimum Gasteiger partial charge on any atom is -0.309 e. The summed E-state index contributed by atoms with van der Waals surface area (Å²) < 4.78 is 0. The molecule has 0 fully saturated rings. The number of rotatable bonds is 5. The largest absolute Gasteiger partial charge is 0.309 e. The van der Waals surface area contributed by atoms with E-state index in [1.54, 1.807) is 0 Å². The molecule has 0 bridgehead atoms. The van der Waals surface area contributed by atoms with Crippen LogP contribution in [0, 0.1) is 6.92 Å². The first-order valence-corrected chi connectivity index (χ1v) is 6.75. The smallest absolute Gasteiger partial charge is 0.0294 e. The summed E-state index contributed by atoms with van der Waals surface area (Å²) in [6.45, 7) is 7.72. The van der Waals surface area contributed by atoms with E-state index in [2.05, 4.69) is 56.6 Å². The molecule has 0 aliphatic heterocycles. The Kier molecular flexibility index (Phi) is 5.20. The molecule has 2 atom stereocenters. The second kappa shape index (κ2) is 6.19. The molecule has 0 saturated heterocycles. The molecular formula is C13H21NS. The molecule has 1 rings (SSSR count). The number of thioether (sulfide) groups is 1. The quantitative estimate of drug-likeness (QED) is 0.821. The van der Waals surface area contributed by atoms with E-state index in [0.29, 0.717) is 11.3 Å². The van der Waals surface area contributed by atoms with Gasteiger partial charge in [0.25, 0.3) is 0 Å². The van der Waals surface area contributed by atoms with Gasteiger partial charge in [-0.05, 0) is 31.2 Å². The van der Waals surface area contributed by atoms with E-state index in [4.69, 9.17) is 0 Å². The summed E-state index contributed by atoms with van der Waals surface area (Å²) in [5.74, 6) is 0. The van der Waals surface area contributed by atoms with Crippen LogP contribution in [0.1, 0.15) is 31.0 Å². The van der Waals surface area contributed by atoms with Crippen molar-refractivity contribution >= 4 is 11.8 Å². The lowest BCUT2D eigenvalue weighted by Gasteiger charge is -2.18. The summed E-state index contributed by atoms with van der Waals surface area (Å²) >= 11 is 1.90. The zero-order valence-corrected chi connectivity index (χ0v) is 10.9. The molecule has 0 aliphatic rings. The zero-order valence-electron chi connectivity index (χ0n) is 10.1. The lowest BCUT2D eigenvalue weighted by Crippen LogP contribution is -2.26. The molecule has 2 heteroatoms. The average Bonchev–Trinajstić information content (AvgIpc) is 2.26. The SMILES string of the molecule is CSC(C)CNC(C)c1ccccc1C. The molecule has 0 aromatic heterocycles. The van der Waals surface area contributed by atoms with Gasteiger partial charge in [-0.2, -0.15) is 11.8 Å². The third kappa shape index (κ3) is 3.88. The van der Waals surface area contributed by atoms with Crippen molar-refractivity contribution in [2.24, 2.45) is 0 Å². The topological polar surface area (TPSA) is 12.0 Å². The van der Waals surface area contributed by atoms with Gasteiger partial charge in [0.2, 0.25) is 0 Å². The lowest BCUT2D eigenvalue weighted by molar-refractivity contribution is 0.574. The Morgan fingerprint density at radius 2 is 1.93 bits per heavy atom. The molecule has 2 unspecified atom stereocenters. The molecule has 84 valence electrons. The third-order valence-electron chi connectivity index (χ3n) is 2.77. The van der Waals surface area contributed by atoms with Crippen molar-refractivity contribution in [3.8, 4) is 0 Å². The molecule has 1 nitrogen and oxygen atoms in total. The maximum Gasteiger partial charge on any atom is 0.0294 e.